The van der Waals surface area contributed by atoms with Gasteiger partial charge in [0.25, 0.3) is 5.91 Å². The average molecular weight is 369 g/mol. The molecule has 0 aliphatic carbocycles. The lowest BCUT2D eigenvalue weighted by Crippen LogP contribution is -2.31. The monoisotopic (exact) mass is 369 g/mol. The van der Waals surface area contributed by atoms with Gasteiger partial charge in [-0.05, 0) is 37.1 Å². The molecule has 0 spiro atoms. The van der Waals surface area contributed by atoms with Gasteiger partial charge in [-0.2, -0.15) is 0 Å². The second-order valence-electron chi connectivity index (χ2n) is 6.49. The topological polar surface area (TPSA) is 77.0 Å². The van der Waals surface area contributed by atoms with Gasteiger partial charge in [0, 0.05) is 25.8 Å². The predicted molar refractivity (Wildman–Crippen MR) is 104 cm³/mol. The van der Waals surface area contributed by atoms with Crippen LogP contribution in [0.4, 0.5) is 10.3 Å². The summed E-state index contributed by atoms with van der Waals surface area (Å²) < 4.78 is 15.0. The Morgan fingerprint density at radius 3 is 2.67 bits per heavy atom. The number of benzene rings is 1. The van der Waals surface area contributed by atoms with E-state index < -0.39 is 0 Å². The lowest BCUT2D eigenvalue weighted by molar-refractivity contribution is 0.0740. The Morgan fingerprint density at radius 1 is 1.26 bits per heavy atom. The third-order valence-corrected chi connectivity index (χ3v) is 4.53. The maximum absolute atomic E-state index is 13.2. The molecule has 0 unspecified atom stereocenters. The standard InChI is InChI=1S/C20H24FN5O/c1-3-5-10-25(13-14-6-8-16(21)9-7-14)19(27)15-11-17-18(23-12-15)26(4-2)20(22)24-17/h6-9,11-12H,3-5,10,13H2,1-2H3,(H2,22,24). The minimum Gasteiger partial charge on any atom is -0.369 e. The number of halogens is 1. The maximum atomic E-state index is 13.2. The molecule has 0 bridgehead atoms. The highest BCUT2D eigenvalue weighted by Crippen LogP contribution is 2.19. The first-order chi connectivity index (χ1) is 13.0. The number of nitrogen functional groups attached to an aromatic ring is 1. The number of carbonyl (C=O) groups excluding carboxylic acids is 1. The Hall–Kier alpha value is -2.96. The first-order valence-electron chi connectivity index (χ1n) is 9.19. The Balaban J connectivity index is 1.88. The van der Waals surface area contributed by atoms with E-state index in [0.29, 0.717) is 42.3 Å². The number of hydrogen-bond donors (Lipinski definition) is 1. The molecule has 0 saturated carbocycles. The van der Waals surface area contributed by atoms with Crippen LogP contribution in [-0.2, 0) is 13.1 Å². The molecule has 27 heavy (non-hydrogen) atoms. The molecule has 2 heterocycles. The summed E-state index contributed by atoms with van der Waals surface area (Å²) in [4.78, 5) is 23.5. The van der Waals surface area contributed by atoms with E-state index in [9.17, 15) is 9.18 Å². The molecule has 0 aliphatic rings. The van der Waals surface area contributed by atoms with Crippen LogP contribution in [0.2, 0.25) is 0 Å². The zero-order chi connectivity index (χ0) is 19.4. The largest absolute Gasteiger partial charge is 0.369 e. The summed E-state index contributed by atoms with van der Waals surface area (Å²) in [7, 11) is 0. The number of hydrogen-bond acceptors (Lipinski definition) is 4. The number of carbonyl (C=O) groups is 1. The van der Waals surface area contributed by atoms with Gasteiger partial charge in [-0.15, -0.1) is 0 Å². The first-order valence-corrected chi connectivity index (χ1v) is 9.19. The van der Waals surface area contributed by atoms with Crippen LogP contribution in [0.5, 0.6) is 0 Å². The molecule has 0 atom stereocenters. The van der Waals surface area contributed by atoms with E-state index in [0.717, 1.165) is 18.4 Å². The summed E-state index contributed by atoms with van der Waals surface area (Å²) in [5.41, 5.74) is 8.55. The van der Waals surface area contributed by atoms with Crippen molar-refractivity contribution in [2.75, 3.05) is 12.3 Å². The smallest absolute Gasteiger partial charge is 0.255 e. The number of nitrogens with two attached hydrogens (primary N) is 1. The van der Waals surface area contributed by atoms with Crippen molar-refractivity contribution in [1.82, 2.24) is 19.4 Å². The summed E-state index contributed by atoms with van der Waals surface area (Å²) in [6.07, 6.45) is 3.43. The number of aryl methyl sites for hydroxylation is 1. The van der Waals surface area contributed by atoms with Crippen LogP contribution >= 0.6 is 0 Å². The van der Waals surface area contributed by atoms with E-state index in [-0.39, 0.29) is 11.7 Å². The van der Waals surface area contributed by atoms with Crippen molar-refractivity contribution < 1.29 is 9.18 Å². The molecule has 1 aromatic carbocycles. The summed E-state index contributed by atoms with van der Waals surface area (Å²) in [6.45, 7) is 5.75. The third-order valence-electron chi connectivity index (χ3n) is 4.53. The molecule has 2 aromatic heterocycles. The predicted octanol–water partition coefficient (Wildman–Crippen LogP) is 3.62. The minimum absolute atomic E-state index is 0.119. The van der Waals surface area contributed by atoms with Gasteiger partial charge in [-0.25, -0.2) is 14.4 Å². The quantitative estimate of drug-likeness (QED) is 0.690. The Labute approximate surface area is 157 Å². The fourth-order valence-corrected chi connectivity index (χ4v) is 3.05. The van der Waals surface area contributed by atoms with E-state index >= 15 is 0 Å². The van der Waals surface area contributed by atoms with Gasteiger partial charge in [0.1, 0.15) is 11.3 Å². The molecular formula is C20H24FN5O. The highest BCUT2D eigenvalue weighted by atomic mass is 19.1. The number of nitrogens with zero attached hydrogens (tertiary/aromatic N) is 4. The molecule has 6 nitrogen and oxygen atoms in total. The molecule has 3 aromatic rings. The second kappa shape index (κ2) is 8.16. The van der Waals surface area contributed by atoms with Crippen molar-refractivity contribution in [2.24, 2.45) is 0 Å². The molecular weight excluding hydrogens is 345 g/mol. The molecule has 0 saturated heterocycles. The van der Waals surface area contributed by atoms with Crippen LogP contribution in [0.3, 0.4) is 0 Å². The van der Waals surface area contributed by atoms with Crippen molar-refractivity contribution in [3.05, 3.63) is 53.5 Å². The zero-order valence-corrected chi connectivity index (χ0v) is 15.7. The van der Waals surface area contributed by atoms with E-state index in [2.05, 4.69) is 16.9 Å². The molecule has 0 radical (unpaired) electrons. The fourth-order valence-electron chi connectivity index (χ4n) is 3.05. The van der Waals surface area contributed by atoms with E-state index in [4.69, 9.17) is 5.73 Å². The maximum Gasteiger partial charge on any atom is 0.255 e. The number of amides is 1. The van der Waals surface area contributed by atoms with Crippen LogP contribution in [0.15, 0.2) is 36.5 Å². The number of aromatic nitrogens is 3. The molecule has 0 aliphatic heterocycles. The van der Waals surface area contributed by atoms with Gasteiger partial charge < -0.3 is 10.6 Å². The second-order valence-corrected chi connectivity index (χ2v) is 6.49. The summed E-state index contributed by atoms with van der Waals surface area (Å²) in [5.74, 6) is -0.0190. The van der Waals surface area contributed by atoms with Gasteiger partial charge in [0.15, 0.2) is 5.65 Å². The van der Waals surface area contributed by atoms with Crippen molar-refractivity contribution in [3.8, 4) is 0 Å². The first kappa shape index (κ1) is 18.8. The number of unbranched alkanes of at least 4 members (excludes halogenated alkanes) is 1. The summed E-state index contributed by atoms with van der Waals surface area (Å²) in [6, 6.07) is 7.95. The van der Waals surface area contributed by atoms with Crippen molar-refractivity contribution in [2.45, 2.75) is 39.8 Å². The van der Waals surface area contributed by atoms with Gasteiger partial charge in [-0.1, -0.05) is 25.5 Å². The normalized spacial score (nSPS) is 11.1. The number of fused-ring (bicyclic) bond motifs is 1. The molecule has 142 valence electrons. The summed E-state index contributed by atoms with van der Waals surface area (Å²) >= 11 is 0. The third kappa shape index (κ3) is 4.07. The fraction of sp³-hybridized carbons (Fsp3) is 0.350. The van der Waals surface area contributed by atoms with Crippen LogP contribution in [0.1, 0.15) is 42.6 Å². The summed E-state index contributed by atoms with van der Waals surface area (Å²) in [5, 5.41) is 0. The Bertz CT molecular complexity index is 935. The molecule has 0 fully saturated rings. The zero-order valence-electron chi connectivity index (χ0n) is 15.7. The molecule has 1 amide bonds. The number of anilines is 1. The van der Waals surface area contributed by atoms with Crippen LogP contribution in [0, 0.1) is 5.82 Å². The SMILES string of the molecule is CCCCN(Cc1ccc(F)cc1)C(=O)c1cnc2c(c1)nc(N)n2CC. The lowest BCUT2D eigenvalue weighted by atomic mass is 10.1. The molecule has 7 heteroatoms. The average Bonchev–Trinajstić information content (AvgIpc) is 3.00. The van der Waals surface area contributed by atoms with Crippen LogP contribution < -0.4 is 5.73 Å². The molecule has 3 rings (SSSR count). The number of rotatable bonds is 7. The Morgan fingerprint density at radius 2 is 2.00 bits per heavy atom. The van der Waals surface area contributed by atoms with E-state index in [1.165, 1.54) is 12.1 Å². The van der Waals surface area contributed by atoms with Crippen molar-refractivity contribution >= 4 is 23.0 Å². The minimum atomic E-state index is -0.288. The Kier molecular flexibility index (Phi) is 5.69. The number of pyridine rings is 1. The van der Waals surface area contributed by atoms with Crippen molar-refractivity contribution in [1.29, 1.82) is 0 Å². The lowest BCUT2D eigenvalue weighted by Gasteiger charge is -2.22. The van der Waals surface area contributed by atoms with Crippen molar-refractivity contribution in [3.63, 3.8) is 0 Å². The van der Waals surface area contributed by atoms with Gasteiger partial charge in [-0.3, -0.25) is 9.36 Å². The van der Waals surface area contributed by atoms with E-state index in [1.54, 1.807) is 33.9 Å². The highest BCUT2D eigenvalue weighted by Gasteiger charge is 2.18. The van der Waals surface area contributed by atoms with Gasteiger partial charge in [0.05, 0.1) is 5.56 Å². The van der Waals surface area contributed by atoms with Crippen LogP contribution in [0.25, 0.3) is 11.2 Å². The van der Waals surface area contributed by atoms with Gasteiger partial charge in [0.2, 0.25) is 5.95 Å². The number of imidazole rings is 1. The van der Waals surface area contributed by atoms with E-state index in [1.807, 2.05) is 6.92 Å². The molecule has 2 N–H and O–H groups in total. The van der Waals surface area contributed by atoms with Crippen LogP contribution in [-0.4, -0.2) is 31.9 Å². The highest BCUT2D eigenvalue weighted by molar-refractivity contribution is 5.96. The van der Waals surface area contributed by atoms with Gasteiger partial charge >= 0.3 is 0 Å².